The number of hydrogen-bond acceptors (Lipinski definition) is 6. The largest absolute Gasteiger partial charge is 0.480 e. The molecule has 7 heteroatoms. The smallest absolute Gasteiger partial charge is 0.329 e. The molecule has 0 bridgehead atoms. The van der Waals surface area contributed by atoms with Crippen molar-refractivity contribution in [3.8, 4) is 0 Å². The highest BCUT2D eigenvalue weighted by molar-refractivity contribution is 5.80. The molecule has 1 fully saturated rings. The molecule has 1 saturated heterocycles. The second kappa shape index (κ2) is 5.31. The first kappa shape index (κ1) is 13.4. The molecule has 0 saturated carbocycles. The summed E-state index contributed by atoms with van der Waals surface area (Å²) >= 11 is 0. The highest BCUT2D eigenvalue weighted by Crippen LogP contribution is 2.27. The van der Waals surface area contributed by atoms with Crippen molar-refractivity contribution < 1.29 is 15.0 Å². The number of aromatic nitrogens is 1. The van der Waals surface area contributed by atoms with Gasteiger partial charge in [-0.25, -0.2) is 9.78 Å². The molecule has 0 amide bonds. The van der Waals surface area contributed by atoms with E-state index in [-0.39, 0.29) is 0 Å². The minimum atomic E-state index is -1.05. The Balaban J connectivity index is 2.31. The molecule has 104 valence electrons. The molecule has 1 aromatic heterocycles. The van der Waals surface area contributed by atoms with Gasteiger partial charge in [0.25, 0.3) is 0 Å². The van der Waals surface area contributed by atoms with Crippen LogP contribution in [0.1, 0.15) is 13.3 Å². The molecule has 7 nitrogen and oxygen atoms in total. The van der Waals surface area contributed by atoms with Crippen LogP contribution >= 0.6 is 0 Å². The number of aliphatic carboxylic acids is 1. The van der Waals surface area contributed by atoms with E-state index in [2.05, 4.69) is 10.3 Å². The van der Waals surface area contributed by atoms with Crippen LogP contribution in [0.5, 0.6) is 0 Å². The van der Waals surface area contributed by atoms with Crippen LogP contribution in [0, 0.1) is 0 Å². The number of nitrogens with zero attached hydrogens (tertiary/aromatic N) is 2. The first-order valence-electron chi connectivity index (χ1n) is 6.22. The molecule has 5 N–H and O–H groups in total. The second-order valence-corrected chi connectivity index (χ2v) is 4.47. The highest BCUT2D eigenvalue weighted by Gasteiger charge is 2.39. The Morgan fingerprint density at radius 2 is 2.37 bits per heavy atom. The minimum absolute atomic E-state index is 0.416. The third kappa shape index (κ3) is 2.55. The molecule has 19 heavy (non-hydrogen) atoms. The fourth-order valence-electron chi connectivity index (χ4n) is 2.26. The number of aliphatic hydroxyl groups excluding tert-OH is 1. The van der Waals surface area contributed by atoms with E-state index in [0.29, 0.717) is 36.8 Å². The molecule has 1 aliphatic rings. The molecule has 1 aliphatic heterocycles. The molecule has 0 radical (unpaired) electrons. The predicted molar refractivity (Wildman–Crippen MR) is 72.2 cm³/mol. The Labute approximate surface area is 111 Å². The lowest BCUT2D eigenvalue weighted by Gasteiger charge is -2.24. The summed E-state index contributed by atoms with van der Waals surface area (Å²) < 4.78 is 0. The van der Waals surface area contributed by atoms with Crippen LogP contribution in [0.4, 0.5) is 17.3 Å². The number of carbonyl (C=O) groups is 1. The van der Waals surface area contributed by atoms with E-state index in [4.69, 9.17) is 5.73 Å². The van der Waals surface area contributed by atoms with E-state index < -0.39 is 18.1 Å². The molecular formula is C12H18N4O3. The molecule has 0 aromatic carbocycles. The van der Waals surface area contributed by atoms with Gasteiger partial charge in [0, 0.05) is 13.1 Å². The fourth-order valence-corrected chi connectivity index (χ4v) is 2.26. The van der Waals surface area contributed by atoms with E-state index in [1.54, 1.807) is 17.0 Å². The Morgan fingerprint density at radius 1 is 1.63 bits per heavy atom. The number of pyridine rings is 1. The molecule has 2 rings (SSSR count). The van der Waals surface area contributed by atoms with Crippen molar-refractivity contribution in [2.24, 2.45) is 0 Å². The zero-order valence-electron chi connectivity index (χ0n) is 10.7. The lowest BCUT2D eigenvalue weighted by Crippen LogP contribution is -2.42. The number of nitrogen functional groups attached to an aromatic ring is 1. The number of carboxylic acids is 1. The summed E-state index contributed by atoms with van der Waals surface area (Å²) in [5.74, 6) is -0.00625. The predicted octanol–water partition coefficient (Wildman–Crippen LogP) is 0.120. The van der Waals surface area contributed by atoms with Crippen LogP contribution in [0.25, 0.3) is 0 Å². The summed E-state index contributed by atoms with van der Waals surface area (Å²) in [5, 5.41) is 21.9. The molecule has 0 aliphatic carbocycles. The zero-order valence-corrected chi connectivity index (χ0v) is 10.7. The SMILES string of the molecule is CCNc1nc(N2CCC(O)C2C(=O)O)ccc1N. The van der Waals surface area contributed by atoms with Gasteiger partial charge in [-0.1, -0.05) is 0 Å². The molecule has 1 aromatic rings. The van der Waals surface area contributed by atoms with Crippen LogP contribution in [0.2, 0.25) is 0 Å². The van der Waals surface area contributed by atoms with Crippen molar-refractivity contribution in [3.05, 3.63) is 12.1 Å². The molecule has 2 atom stereocenters. The molecule has 2 heterocycles. The number of anilines is 3. The maximum atomic E-state index is 11.2. The van der Waals surface area contributed by atoms with Gasteiger partial charge in [-0.2, -0.15) is 0 Å². The van der Waals surface area contributed by atoms with Gasteiger partial charge >= 0.3 is 5.97 Å². The summed E-state index contributed by atoms with van der Waals surface area (Å²) in [5.41, 5.74) is 6.30. The maximum Gasteiger partial charge on any atom is 0.329 e. The first-order valence-corrected chi connectivity index (χ1v) is 6.22. The number of nitrogens with one attached hydrogen (secondary N) is 1. The van der Waals surface area contributed by atoms with Crippen molar-refractivity contribution in [3.63, 3.8) is 0 Å². The average molecular weight is 266 g/mol. The van der Waals surface area contributed by atoms with Crippen LogP contribution in [0.3, 0.4) is 0 Å². The Kier molecular flexibility index (Phi) is 3.75. The number of carboxylic acid groups (broad SMARTS) is 1. The Morgan fingerprint density at radius 3 is 3.00 bits per heavy atom. The van der Waals surface area contributed by atoms with Gasteiger partial charge in [-0.05, 0) is 25.5 Å². The van der Waals surface area contributed by atoms with Gasteiger partial charge in [0.05, 0.1) is 11.8 Å². The summed E-state index contributed by atoms with van der Waals surface area (Å²) in [6.45, 7) is 3.06. The monoisotopic (exact) mass is 266 g/mol. The fraction of sp³-hybridized carbons (Fsp3) is 0.500. The van der Waals surface area contributed by atoms with Crippen molar-refractivity contribution in [2.75, 3.05) is 29.0 Å². The van der Waals surface area contributed by atoms with Gasteiger partial charge in [-0.15, -0.1) is 0 Å². The summed E-state index contributed by atoms with van der Waals surface area (Å²) in [7, 11) is 0. The number of rotatable bonds is 4. The standard InChI is InChI=1S/C12H18N4O3/c1-2-14-11-7(13)3-4-9(15-11)16-6-5-8(17)10(16)12(18)19/h3-4,8,10,17H,2,5-6,13H2,1H3,(H,14,15)(H,18,19). The Bertz CT molecular complexity index is 480. The highest BCUT2D eigenvalue weighted by atomic mass is 16.4. The quantitative estimate of drug-likeness (QED) is 0.612. The first-order chi connectivity index (χ1) is 9.04. The van der Waals surface area contributed by atoms with Crippen LogP contribution < -0.4 is 16.0 Å². The minimum Gasteiger partial charge on any atom is -0.480 e. The van der Waals surface area contributed by atoms with Gasteiger partial charge < -0.3 is 26.2 Å². The maximum absolute atomic E-state index is 11.2. The lowest BCUT2D eigenvalue weighted by atomic mass is 10.2. The van der Waals surface area contributed by atoms with Crippen molar-refractivity contribution in [2.45, 2.75) is 25.5 Å². The van der Waals surface area contributed by atoms with Crippen molar-refractivity contribution in [1.29, 1.82) is 0 Å². The van der Waals surface area contributed by atoms with E-state index >= 15 is 0 Å². The van der Waals surface area contributed by atoms with Gasteiger partial charge in [0.15, 0.2) is 11.9 Å². The van der Waals surface area contributed by atoms with Gasteiger partial charge in [0.1, 0.15) is 5.82 Å². The third-order valence-electron chi connectivity index (χ3n) is 3.17. The summed E-state index contributed by atoms with van der Waals surface area (Å²) in [6.07, 6.45) is -0.459. The zero-order chi connectivity index (χ0) is 14.0. The van der Waals surface area contributed by atoms with Crippen LogP contribution in [0.15, 0.2) is 12.1 Å². The van der Waals surface area contributed by atoms with Crippen molar-refractivity contribution in [1.82, 2.24) is 4.98 Å². The second-order valence-electron chi connectivity index (χ2n) is 4.47. The van der Waals surface area contributed by atoms with E-state index in [0.717, 1.165) is 0 Å². The summed E-state index contributed by atoms with van der Waals surface area (Å²) in [6, 6.07) is 2.40. The number of nitrogens with two attached hydrogens (primary N) is 1. The number of hydrogen-bond donors (Lipinski definition) is 4. The van der Waals surface area contributed by atoms with Crippen LogP contribution in [-0.4, -0.2) is 46.4 Å². The van der Waals surface area contributed by atoms with E-state index in [1.807, 2.05) is 6.92 Å². The topological polar surface area (TPSA) is 112 Å². The molecule has 2 unspecified atom stereocenters. The molecule has 0 spiro atoms. The third-order valence-corrected chi connectivity index (χ3v) is 3.17. The average Bonchev–Trinajstić information content (AvgIpc) is 2.74. The van der Waals surface area contributed by atoms with Crippen LogP contribution in [-0.2, 0) is 4.79 Å². The van der Waals surface area contributed by atoms with E-state index in [9.17, 15) is 15.0 Å². The van der Waals surface area contributed by atoms with Gasteiger partial charge in [-0.3, -0.25) is 0 Å². The Hall–Kier alpha value is -2.02. The van der Waals surface area contributed by atoms with E-state index in [1.165, 1.54) is 0 Å². The van der Waals surface area contributed by atoms with Crippen molar-refractivity contribution >= 4 is 23.3 Å². The lowest BCUT2D eigenvalue weighted by molar-refractivity contribution is -0.140. The van der Waals surface area contributed by atoms with Gasteiger partial charge in [0.2, 0.25) is 0 Å². The molecular weight excluding hydrogens is 248 g/mol. The number of aliphatic hydroxyl groups is 1. The normalized spacial score (nSPS) is 22.5. The summed E-state index contributed by atoms with van der Waals surface area (Å²) in [4.78, 5) is 17.1.